The summed E-state index contributed by atoms with van der Waals surface area (Å²) in [4.78, 5) is 8.48. The van der Waals surface area contributed by atoms with Crippen molar-refractivity contribution in [3.63, 3.8) is 0 Å². The molecule has 0 amide bonds. The molecule has 6 nitrogen and oxygen atoms in total. The van der Waals surface area contributed by atoms with E-state index in [4.69, 9.17) is 10.3 Å². The Labute approximate surface area is 116 Å². The molecule has 2 heterocycles. The molecular formula is C14H15N5O. The van der Waals surface area contributed by atoms with E-state index in [0.717, 1.165) is 23.1 Å². The maximum Gasteiger partial charge on any atom is 0.223 e. The summed E-state index contributed by atoms with van der Waals surface area (Å²) in [5, 5.41) is 8.28. The topological polar surface area (TPSA) is 89.9 Å². The van der Waals surface area contributed by atoms with E-state index in [1.165, 1.54) is 0 Å². The number of aromatic nitrogens is 3. The molecule has 0 radical (unpaired) electrons. The van der Waals surface area contributed by atoms with Crippen LogP contribution in [0.25, 0.3) is 10.9 Å². The molecule has 0 aliphatic carbocycles. The van der Waals surface area contributed by atoms with Crippen LogP contribution >= 0.6 is 0 Å². The number of aryl methyl sites for hydroxylation is 1. The van der Waals surface area contributed by atoms with Gasteiger partial charge in [0.25, 0.3) is 0 Å². The molecule has 1 aromatic carbocycles. The summed E-state index contributed by atoms with van der Waals surface area (Å²) in [7, 11) is 0. The zero-order valence-corrected chi connectivity index (χ0v) is 11.1. The minimum atomic E-state index is 0.588. The average molecular weight is 269 g/mol. The molecule has 0 atom stereocenters. The van der Waals surface area contributed by atoms with Gasteiger partial charge in [-0.2, -0.15) is 4.98 Å². The molecule has 20 heavy (non-hydrogen) atoms. The van der Waals surface area contributed by atoms with Crippen LogP contribution in [-0.4, -0.2) is 21.7 Å². The van der Waals surface area contributed by atoms with Crippen molar-refractivity contribution in [2.75, 3.05) is 17.6 Å². The highest BCUT2D eigenvalue weighted by atomic mass is 16.5. The summed E-state index contributed by atoms with van der Waals surface area (Å²) in [5.74, 6) is 1.29. The predicted molar refractivity (Wildman–Crippen MR) is 77.4 cm³/mol. The molecule has 0 aliphatic rings. The summed E-state index contributed by atoms with van der Waals surface area (Å²) in [6, 6.07) is 7.65. The monoisotopic (exact) mass is 269 g/mol. The molecule has 3 N–H and O–H groups in total. The Hall–Kier alpha value is -2.63. The third kappa shape index (κ3) is 2.54. The lowest BCUT2D eigenvalue weighted by Crippen LogP contribution is -2.06. The second-order valence-electron chi connectivity index (χ2n) is 4.54. The zero-order chi connectivity index (χ0) is 13.9. The van der Waals surface area contributed by atoms with E-state index in [1.54, 1.807) is 13.1 Å². The normalized spacial score (nSPS) is 10.8. The third-order valence-corrected chi connectivity index (χ3v) is 3.00. The number of hydrogen-bond donors (Lipinski definition) is 2. The molecule has 0 bridgehead atoms. The van der Waals surface area contributed by atoms with Crippen LogP contribution in [0.5, 0.6) is 0 Å². The van der Waals surface area contributed by atoms with E-state index in [9.17, 15) is 0 Å². The standard InChI is InChI=1S/C14H15N5O/c1-9-18-14(19-20-9)5-7-16-12-4-6-17-13-8-10(15)2-3-11(12)13/h2-4,6,8H,5,7,15H2,1H3,(H,16,17). The van der Waals surface area contributed by atoms with Crippen LogP contribution in [-0.2, 0) is 6.42 Å². The molecule has 102 valence electrons. The minimum absolute atomic E-state index is 0.588. The summed E-state index contributed by atoms with van der Waals surface area (Å²) in [6.07, 6.45) is 2.47. The number of fused-ring (bicyclic) bond motifs is 1. The lowest BCUT2D eigenvalue weighted by molar-refractivity contribution is 0.387. The van der Waals surface area contributed by atoms with Gasteiger partial charge < -0.3 is 15.6 Å². The molecule has 2 aromatic heterocycles. The lowest BCUT2D eigenvalue weighted by atomic mass is 10.1. The first-order valence-corrected chi connectivity index (χ1v) is 6.40. The van der Waals surface area contributed by atoms with Gasteiger partial charge >= 0.3 is 0 Å². The molecule has 0 saturated heterocycles. The summed E-state index contributed by atoms with van der Waals surface area (Å²) in [6.45, 7) is 2.51. The van der Waals surface area contributed by atoms with Gasteiger partial charge in [0, 0.05) is 42.8 Å². The van der Waals surface area contributed by atoms with E-state index in [0.29, 0.717) is 23.8 Å². The van der Waals surface area contributed by atoms with Gasteiger partial charge in [-0.15, -0.1) is 0 Å². The highest BCUT2D eigenvalue weighted by Crippen LogP contribution is 2.23. The van der Waals surface area contributed by atoms with Crippen molar-refractivity contribution in [1.29, 1.82) is 0 Å². The van der Waals surface area contributed by atoms with Crippen LogP contribution in [0, 0.1) is 6.92 Å². The molecule has 6 heteroatoms. The van der Waals surface area contributed by atoms with Crippen molar-refractivity contribution in [3.8, 4) is 0 Å². The first-order valence-electron chi connectivity index (χ1n) is 6.40. The Bertz CT molecular complexity index is 737. The van der Waals surface area contributed by atoms with E-state index in [1.807, 2.05) is 24.3 Å². The van der Waals surface area contributed by atoms with Crippen molar-refractivity contribution in [1.82, 2.24) is 15.1 Å². The van der Waals surface area contributed by atoms with Crippen molar-refractivity contribution < 1.29 is 4.52 Å². The van der Waals surface area contributed by atoms with Crippen LogP contribution in [0.15, 0.2) is 35.0 Å². The van der Waals surface area contributed by atoms with E-state index < -0.39 is 0 Å². The number of nitrogens with zero attached hydrogens (tertiary/aromatic N) is 3. The number of rotatable bonds is 4. The minimum Gasteiger partial charge on any atom is -0.399 e. The number of hydrogen-bond acceptors (Lipinski definition) is 6. The number of benzene rings is 1. The van der Waals surface area contributed by atoms with Gasteiger partial charge in [-0.3, -0.25) is 4.98 Å². The van der Waals surface area contributed by atoms with Crippen molar-refractivity contribution >= 4 is 22.3 Å². The quantitative estimate of drug-likeness (QED) is 0.705. The molecule has 0 spiro atoms. The first-order chi connectivity index (χ1) is 9.72. The van der Waals surface area contributed by atoms with Gasteiger partial charge in [0.1, 0.15) is 0 Å². The second-order valence-corrected chi connectivity index (χ2v) is 4.54. The average Bonchev–Trinajstić information content (AvgIpc) is 2.84. The van der Waals surface area contributed by atoms with Gasteiger partial charge in [-0.25, -0.2) is 0 Å². The van der Waals surface area contributed by atoms with Crippen molar-refractivity contribution in [3.05, 3.63) is 42.2 Å². The van der Waals surface area contributed by atoms with Gasteiger partial charge in [-0.1, -0.05) is 5.16 Å². The number of pyridine rings is 1. The van der Waals surface area contributed by atoms with Crippen LogP contribution < -0.4 is 11.1 Å². The second kappa shape index (κ2) is 5.16. The van der Waals surface area contributed by atoms with E-state index in [2.05, 4.69) is 20.4 Å². The molecule has 0 unspecified atom stereocenters. The Morgan fingerprint density at radius 1 is 1.30 bits per heavy atom. The Morgan fingerprint density at radius 2 is 2.20 bits per heavy atom. The first kappa shape index (κ1) is 12.4. The third-order valence-electron chi connectivity index (χ3n) is 3.00. The maximum absolute atomic E-state index is 5.77. The fourth-order valence-electron chi connectivity index (χ4n) is 2.07. The number of nitrogen functional groups attached to an aromatic ring is 1. The SMILES string of the molecule is Cc1nc(CCNc2ccnc3cc(N)ccc23)no1. The van der Waals surface area contributed by atoms with E-state index in [-0.39, 0.29) is 0 Å². The number of nitrogens with one attached hydrogen (secondary N) is 1. The highest BCUT2D eigenvalue weighted by Gasteiger charge is 2.04. The molecular weight excluding hydrogens is 254 g/mol. The highest BCUT2D eigenvalue weighted by molar-refractivity contribution is 5.92. The number of nitrogens with two attached hydrogens (primary N) is 1. The number of anilines is 2. The molecule has 3 aromatic rings. The maximum atomic E-state index is 5.77. The molecule has 0 saturated carbocycles. The predicted octanol–water partition coefficient (Wildman–Crippen LogP) is 2.16. The largest absolute Gasteiger partial charge is 0.399 e. The van der Waals surface area contributed by atoms with E-state index >= 15 is 0 Å². The molecule has 0 fully saturated rings. The fourth-order valence-corrected chi connectivity index (χ4v) is 2.07. The van der Waals surface area contributed by atoms with Gasteiger partial charge in [0.15, 0.2) is 5.82 Å². The van der Waals surface area contributed by atoms with Gasteiger partial charge in [0.05, 0.1) is 5.52 Å². The Balaban J connectivity index is 1.74. The fraction of sp³-hybridized carbons (Fsp3) is 0.214. The van der Waals surface area contributed by atoms with Crippen LogP contribution in [0.2, 0.25) is 0 Å². The lowest BCUT2D eigenvalue weighted by Gasteiger charge is -2.08. The Morgan fingerprint density at radius 3 is 3.00 bits per heavy atom. The summed E-state index contributed by atoms with van der Waals surface area (Å²) >= 11 is 0. The zero-order valence-electron chi connectivity index (χ0n) is 11.1. The van der Waals surface area contributed by atoms with Crippen molar-refractivity contribution in [2.24, 2.45) is 0 Å². The van der Waals surface area contributed by atoms with Crippen LogP contribution in [0.1, 0.15) is 11.7 Å². The van der Waals surface area contributed by atoms with Crippen LogP contribution in [0.3, 0.4) is 0 Å². The summed E-state index contributed by atoms with van der Waals surface area (Å²) < 4.78 is 4.94. The van der Waals surface area contributed by atoms with Gasteiger partial charge in [0.2, 0.25) is 5.89 Å². The smallest absolute Gasteiger partial charge is 0.223 e. The van der Waals surface area contributed by atoms with Crippen molar-refractivity contribution in [2.45, 2.75) is 13.3 Å². The molecule has 3 rings (SSSR count). The Kier molecular flexibility index (Phi) is 3.20. The molecule has 0 aliphatic heterocycles. The van der Waals surface area contributed by atoms with Gasteiger partial charge in [-0.05, 0) is 24.3 Å². The summed E-state index contributed by atoms with van der Waals surface area (Å²) in [5.41, 5.74) is 8.38. The van der Waals surface area contributed by atoms with Crippen LogP contribution in [0.4, 0.5) is 11.4 Å².